The van der Waals surface area contributed by atoms with Crippen molar-refractivity contribution in [1.82, 2.24) is 4.98 Å². The standard InChI is InChI=1S/C6H2Cl2F3N/c7-3-1-12-2-4(8)5(3)6(9,10)11/h1-2H. The molecule has 66 valence electrons. The molecule has 0 amide bonds. The summed E-state index contributed by atoms with van der Waals surface area (Å²) in [5.41, 5.74) is -1.04. The Balaban J connectivity index is 3.31. The average molecular weight is 216 g/mol. The lowest BCUT2D eigenvalue weighted by Crippen LogP contribution is -2.07. The summed E-state index contributed by atoms with van der Waals surface area (Å²) in [7, 11) is 0. The van der Waals surface area contributed by atoms with Crippen molar-refractivity contribution in [2.24, 2.45) is 0 Å². The van der Waals surface area contributed by atoms with Crippen molar-refractivity contribution < 1.29 is 13.2 Å². The van der Waals surface area contributed by atoms with E-state index in [4.69, 9.17) is 23.2 Å². The molecule has 1 aromatic rings. The monoisotopic (exact) mass is 215 g/mol. The Kier molecular flexibility index (Phi) is 2.49. The molecule has 12 heavy (non-hydrogen) atoms. The molecule has 0 aromatic carbocycles. The zero-order chi connectivity index (χ0) is 9.35. The van der Waals surface area contributed by atoms with Crippen molar-refractivity contribution in [3.8, 4) is 0 Å². The molecule has 0 fully saturated rings. The number of alkyl halides is 3. The molecule has 1 aromatic heterocycles. The Labute approximate surface area is 76.1 Å². The summed E-state index contributed by atoms with van der Waals surface area (Å²) in [6.45, 7) is 0. The molecule has 0 aliphatic rings. The number of hydrogen-bond donors (Lipinski definition) is 0. The molecule has 1 rings (SSSR count). The topological polar surface area (TPSA) is 12.9 Å². The van der Waals surface area contributed by atoms with Gasteiger partial charge in [-0.15, -0.1) is 0 Å². The first-order chi connectivity index (χ1) is 5.43. The van der Waals surface area contributed by atoms with E-state index in [9.17, 15) is 13.2 Å². The van der Waals surface area contributed by atoms with Gasteiger partial charge in [0.05, 0.1) is 15.6 Å². The summed E-state index contributed by atoms with van der Waals surface area (Å²) >= 11 is 10.5. The number of hydrogen-bond acceptors (Lipinski definition) is 1. The highest BCUT2D eigenvalue weighted by atomic mass is 35.5. The lowest BCUT2D eigenvalue weighted by Gasteiger charge is -2.09. The van der Waals surface area contributed by atoms with E-state index in [1.807, 2.05) is 0 Å². The fourth-order valence-electron chi connectivity index (χ4n) is 0.682. The lowest BCUT2D eigenvalue weighted by atomic mass is 10.2. The molecule has 0 bridgehead atoms. The minimum Gasteiger partial charge on any atom is -0.262 e. The second kappa shape index (κ2) is 3.11. The second-order valence-corrected chi connectivity index (χ2v) is 2.79. The van der Waals surface area contributed by atoms with Crippen LogP contribution in [-0.4, -0.2) is 4.98 Å². The molecular weight excluding hydrogens is 214 g/mol. The SMILES string of the molecule is FC(F)(F)c1c(Cl)cncc1Cl. The predicted molar refractivity (Wildman–Crippen MR) is 39.3 cm³/mol. The first kappa shape index (κ1) is 9.61. The highest BCUT2D eigenvalue weighted by Gasteiger charge is 2.35. The van der Waals surface area contributed by atoms with E-state index >= 15 is 0 Å². The molecule has 0 unspecified atom stereocenters. The first-order valence-corrected chi connectivity index (χ1v) is 3.54. The summed E-state index contributed by atoms with van der Waals surface area (Å²) in [4.78, 5) is 3.39. The maximum absolute atomic E-state index is 12.1. The molecule has 1 heterocycles. The third-order valence-corrected chi connectivity index (χ3v) is 1.71. The van der Waals surface area contributed by atoms with Gasteiger partial charge in [0.25, 0.3) is 0 Å². The number of aromatic nitrogens is 1. The van der Waals surface area contributed by atoms with Crippen LogP contribution in [0.3, 0.4) is 0 Å². The summed E-state index contributed by atoms with van der Waals surface area (Å²) in [5.74, 6) is 0. The molecule has 0 aliphatic carbocycles. The molecule has 1 nitrogen and oxygen atoms in total. The van der Waals surface area contributed by atoms with E-state index in [-0.39, 0.29) is 0 Å². The van der Waals surface area contributed by atoms with Gasteiger partial charge in [0.2, 0.25) is 0 Å². The van der Waals surface area contributed by atoms with Crippen molar-refractivity contribution in [1.29, 1.82) is 0 Å². The van der Waals surface area contributed by atoms with Crippen LogP contribution in [0.4, 0.5) is 13.2 Å². The Hall–Kier alpha value is -0.480. The second-order valence-electron chi connectivity index (χ2n) is 1.98. The highest BCUT2D eigenvalue weighted by molar-refractivity contribution is 6.35. The Morgan fingerprint density at radius 2 is 1.50 bits per heavy atom. The van der Waals surface area contributed by atoms with Crippen molar-refractivity contribution in [2.45, 2.75) is 6.18 Å². The van der Waals surface area contributed by atoms with E-state index in [0.717, 1.165) is 12.4 Å². The van der Waals surface area contributed by atoms with E-state index in [2.05, 4.69) is 4.98 Å². The van der Waals surface area contributed by atoms with Gasteiger partial charge in [-0.3, -0.25) is 4.98 Å². The number of halogens is 5. The van der Waals surface area contributed by atoms with Crippen LogP contribution >= 0.6 is 23.2 Å². The van der Waals surface area contributed by atoms with Gasteiger partial charge in [0.15, 0.2) is 0 Å². The molecule has 6 heteroatoms. The van der Waals surface area contributed by atoms with Crippen LogP contribution in [0.5, 0.6) is 0 Å². The highest BCUT2D eigenvalue weighted by Crippen LogP contribution is 2.38. The molecule has 0 saturated heterocycles. The van der Waals surface area contributed by atoms with Crippen molar-refractivity contribution >= 4 is 23.2 Å². The van der Waals surface area contributed by atoms with E-state index in [1.54, 1.807) is 0 Å². The fraction of sp³-hybridized carbons (Fsp3) is 0.167. The summed E-state index contributed by atoms with van der Waals surface area (Å²) < 4.78 is 36.3. The third-order valence-electron chi connectivity index (χ3n) is 1.14. The van der Waals surface area contributed by atoms with E-state index in [1.165, 1.54) is 0 Å². The minimum atomic E-state index is -4.53. The van der Waals surface area contributed by atoms with Crippen molar-refractivity contribution in [3.05, 3.63) is 28.0 Å². The zero-order valence-corrected chi connectivity index (χ0v) is 7.00. The molecule has 0 atom stereocenters. The van der Waals surface area contributed by atoms with Gasteiger partial charge >= 0.3 is 6.18 Å². The molecule has 0 saturated carbocycles. The largest absolute Gasteiger partial charge is 0.419 e. The quantitative estimate of drug-likeness (QED) is 0.647. The molecule has 0 aliphatic heterocycles. The number of nitrogens with zero attached hydrogens (tertiary/aromatic N) is 1. The minimum absolute atomic E-state index is 0.491. The number of pyridine rings is 1. The molecule has 0 N–H and O–H groups in total. The molecular formula is C6H2Cl2F3N. The Morgan fingerprint density at radius 3 is 1.75 bits per heavy atom. The van der Waals surface area contributed by atoms with Crippen molar-refractivity contribution in [3.63, 3.8) is 0 Å². The normalized spacial score (nSPS) is 11.8. The van der Waals surface area contributed by atoms with Crippen molar-refractivity contribution in [2.75, 3.05) is 0 Å². The molecule has 0 spiro atoms. The van der Waals surface area contributed by atoms with Gasteiger partial charge in [0, 0.05) is 12.4 Å². The number of rotatable bonds is 0. The van der Waals surface area contributed by atoms with Gasteiger partial charge in [-0.2, -0.15) is 13.2 Å². The zero-order valence-electron chi connectivity index (χ0n) is 5.49. The van der Waals surface area contributed by atoms with Crippen LogP contribution in [-0.2, 0) is 6.18 Å². The summed E-state index contributed by atoms with van der Waals surface area (Å²) in [6.07, 6.45) is -2.73. The third kappa shape index (κ3) is 1.81. The van der Waals surface area contributed by atoms with Crippen LogP contribution in [0.25, 0.3) is 0 Å². The van der Waals surface area contributed by atoms with E-state index < -0.39 is 21.8 Å². The first-order valence-electron chi connectivity index (χ1n) is 2.79. The Bertz CT molecular complexity index is 277. The summed E-state index contributed by atoms with van der Waals surface area (Å²) in [6, 6.07) is 0. The smallest absolute Gasteiger partial charge is 0.262 e. The lowest BCUT2D eigenvalue weighted by molar-refractivity contribution is -0.137. The van der Waals surface area contributed by atoms with Crippen LogP contribution in [0.2, 0.25) is 10.0 Å². The fourth-order valence-corrected chi connectivity index (χ4v) is 1.26. The van der Waals surface area contributed by atoms with Gasteiger partial charge in [-0.05, 0) is 0 Å². The van der Waals surface area contributed by atoms with Crippen LogP contribution in [0.15, 0.2) is 12.4 Å². The van der Waals surface area contributed by atoms with E-state index in [0.29, 0.717) is 0 Å². The maximum Gasteiger partial charge on any atom is 0.419 e. The van der Waals surface area contributed by atoms with Crippen LogP contribution in [0, 0.1) is 0 Å². The molecule has 0 radical (unpaired) electrons. The van der Waals surface area contributed by atoms with Gasteiger partial charge in [-0.25, -0.2) is 0 Å². The van der Waals surface area contributed by atoms with Gasteiger partial charge < -0.3 is 0 Å². The Morgan fingerprint density at radius 1 is 1.08 bits per heavy atom. The predicted octanol–water partition coefficient (Wildman–Crippen LogP) is 3.41. The van der Waals surface area contributed by atoms with Gasteiger partial charge in [0.1, 0.15) is 0 Å². The average Bonchev–Trinajstić information content (AvgIpc) is 1.82. The van der Waals surface area contributed by atoms with Crippen LogP contribution in [0.1, 0.15) is 5.56 Å². The maximum atomic E-state index is 12.1. The summed E-state index contributed by atoms with van der Waals surface area (Å²) in [5, 5.41) is -0.981. The van der Waals surface area contributed by atoms with Crippen LogP contribution < -0.4 is 0 Å². The van der Waals surface area contributed by atoms with Gasteiger partial charge in [-0.1, -0.05) is 23.2 Å².